The molecule has 1 N–H and O–H groups in total. The summed E-state index contributed by atoms with van der Waals surface area (Å²) in [7, 11) is 2.32. The molecule has 88 valence electrons. The van der Waals surface area contributed by atoms with E-state index in [4.69, 9.17) is 0 Å². The third kappa shape index (κ3) is 2.94. The Morgan fingerprint density at radius 2 is 2.00 bits per heavy atom. The Hall–Kier alpha value is -0.0800. The monoisotopic (exact) mass is 210 g/mol. The van der Waals surface area contributed by atoms with E-state index in [1.54, 1.807) is 0 Å². The van der Waals surface area contributed by atoms with Gasteiger partial charge in [-0.2, -0.15) is 0 Å². The van der Waals surface area contributed by atoms with E-state index < -0.39 is 0 Å². The van der Waals surface area contributed by atoms with Crippen LogP contribution >= 0.6 is 0 Å². The van der Waals surface area contributed by atoms with Crippen molar-refractivity contribution in [3.63, 3.8) is 0 Å². The summed E-state index contributed by atoms with van der Waals surface area (Å²) in [5, 5.41) is 3.60. The summed E-state index contributed by atoms with van der Waals surface area (Å²) in [6, 6.07) is 0.807. The quantitative estimate of drug-likeness (QED) is 0.768. The molecule has 0 aromatic heterocycles. The summed E-state index contributed by atoms with van der Waals surface area (Å²) in [6.07, 6.45) is 7.04. The molecule has 1 saturated carbocycles. The van der Waals surface area contributed by atoms with Gasteiger partial charge in [0.1, 0.15) is 0 Å². The molecular formula is C13H26N2. The zero-order chi connectivity index (χ0) is 10.9. The average Bonchev–Trinajstić information content (AvgIpc) is 2.09. The predicted molar refractivity (Wildman–Crippen MR) is 65.1 cm³/mol. The number of hydrogen-bond acceptors (Lipinski definition) is 2. The fourth-order valence-electron chi connectivity index (χ4n) is 2.95. The van der Waals surface area contributed by atoms with Crippen molar-refractivity contribution in [1.82, 2.24) is 10.2 Å². The molecule has 0 amide bonds. The van der Waals surface area contributed by atoms with E-state index in [1.165, 1.54) is 45.2 Å². The molecule has 1 aliphatic heterocycles. The molecule has 1 unspecified atom stereocenters. The van der Waals surface area contributed by atoms with Crippen molar-refractivity contribution in [3.05, 3.63) is 0 Å². The lowest BCUT2D eigenvalue weighted by molar-refractivity contribution is 0.108. The van der Waals surface area contributed by atoms with E-state index in [2.05, 4.69) is 31.1 Å². The van der Waals surface area contributed by atoms with Crippen LogP contribution in [-0.4, -0.2) is 36.6 Å². The largest absolute Gasteiger partial charge is 0.312 e. The van der Waals surface area contributed by atoms with Gasteiger partial charge in [-0.05, 0) is 59.0 Å². The van der Waals surface area contributed by atoms with Crippen LogP contribution in [0.25, 0.3) is 0 Å². The minimum Gasteiger partial charge on any atom is -0.312 e. The average molecular weight is 210 g/mol. The van der Waals surface area contributed by atoms with Crippen molar-refractivity contribution in [2.45, 2.75) is 57.5 Å². The van der Waals surface area contributed by atoms with Crippen LogP contribution in [0.5, 0.6) is 0 Å². The normalized spacial score (nSPS) is 31.6. The summed E-state index contributed by atoms with van der Waals surface area (Å²) in [4.78, 5) is 2.62. The number of rotatable bonds is 3. The minimum atomic E-state index is 0.344. The van der Waals surface area contributed by atoms with Crippen LogP contribution in [0.1, 0.15) is 46.0 Å². The van der Waals surface area contributed by atoms with Gasteiger partial charge in [-0.3, -0.25) is 0 Å². The topological polar surface area (TPSA) is 15.3 Å². The first-order chi connectivity index (χ1) is 7.07. The molecule has 2 nitrogen and oxygen atoms in total. The van der Waals surface area contributed by atoms with Gasteiger partial charge in [0, 0.05) is 18.1 Å². The fourth-order valence-corrected chi connectivity index (χ4v) is 2.95. The second-order valence-electron chi connectivity index (χ2n) is 6.19. The van der Waals surface area contributed by atoms with E-state index >= 15 is 0 Å². The molecule has 1 saturated heterocycles. The van der Waals surface area contributed by atoms with Gasteiger partial charge in [0.25, 0.3) is 0 Å². The Labute approximate surface area is 94.4 Å². The van der Waals surface area contributed by atoms with E-state index in [1.807, 2.05) is 0 Å². The summed E-state index contributed by atoms with van der Waals surface area (Å²) < 4.78 is 0. The molecule has 0 aromatic carbocycles. The molecule has 2 heteroatoms. The highest BCUT2D eigenvalue weighted by atomic mass is 15.2. The van der Waals surface area contributed by atoms with Gasteiger partial charge in [-0.15, -0.1) is 0 Å². The molecule has 0 spiro atoms. The third-order valence-corrected chi connectivity index (χ3v) is 4.22. The maximum Gasteiger partial charge on any atom is 0.0140 e. The molecule has 2 rings (SSSR count). The first kappa shape index (κ1) is 11.4. The van der Waals surface area contributed by atoms with E-state index in [9.17, 15) is 0 Å². The van der Waals surface area contributed by atoms with Crippen molar-refractivity contribution in [2.24, 2.45) is 5.92 Å². The third-order valence-electron chi connectivity index (χ3n) is 4.22. The van der Waals surface area contributed by atoms with Gasteiger partial charge < -0.3 is 10.2 Å². The summed E-state index contributed by atoms with van der Waals surface area (Å²) in [5.74, 6) is 1.01. The van der Waals surface area contributed by atoms with Crippen molar-refractivity contribution in [2.75, 3.05) is 20.1 Å². The number of piperidine rings is 1. The fraction of sp³-hybridized carbons (Fsp3) is 1.00. The van der Waals surface area contributed by atoms with Crippen LogP contribution in [0.4, 0.5) is 0 Å². The number of nitrogens with zero attached hydrogens (tertiary/aromatic N) is 1. The van der Waals surface area contributed by atoms with Crippen LogP contribution in [0.2, 0.25) is 0 Å². The highest BCUT2D eigenvalue weighted by Crippen LogP contribution is 2.29. The smallest absolute Gasteiger partial charge is 0.0140 e. The molecular weight excluding hydrogens is 184 g/mol. The number of hydrogen-bond donors (Lipinski definition) is 1. The molecule has 2 fully saturated rings. The summed E-state index contributed by atoms with van der Waals surface area (Å²) in [5.41, 5.74) is 0.344. The lowest BCUT2D eigenvalue weighted by Gasteiger charge is -2.42. The lowest BCUT2D eigenvalue weighted by Crippen LogP contribution is -2.53. The van der Waals surface area contributed by atoms with E-state index in [-0.39, 0.29) is 0 Å². The van der Waals surface area contributed by atoms with Crippen molar-refractivity contribution in [1.29, 1.82) is 0 Å². The summed E-state index contributed by atoms with van der Waals surface area (Å²) >= 11 is 0. The van der Waals surface area contributed by atoms with Crippen LogP contribution in [0.15, 0.2) is 0 Å². The molecule has 0 bridgehead atoms. The molecule has 2 aliphatic rings. The molecule has 0 aromatic rings. The van der Waals surface area contributed by atoms with E-state index in [0.29, 0.717) is 5.54 Å². The van der Waals surface area contributed by atoms with Gasteiger partial charge >= 0.3 is 0 Å². The Morgan fingerprint density at radius 1 is 1.27 bits per heavy atom. The molecule has 1 aliphatic carbocycles. The van der Waals surface area contributed by atoms with Crippen LogP contribution < -0.4 is 5.32 Å². The zero-order valence-electron chi connectivity index (χ0n) is 10.6. The molecule has 1 heterocycles. The first-order valence-corrected chi connectivity index (χ1v) is 6.52. The highest BCUT2D eigenvalue weighted by Gasteiger charge is 2.31. The van der Waals surface area contributed by atoms with Crippen LogP contribution in [0, 0.1) is 5.92 Å². The Bertz CT molecular complexity index is 209. The standard InChI is InChI=1S/C13H26N2/c1-13(2)9-12(7-8-14-13)15(3)10-11-5-4-6-11/h11-12,14H,4-10H2,1-3H3. The predicted octanol–water partition coefficient (Wildman–Crippen LogP) is 2.25. The first-order valence-electron chi connectivity index (χ1n) is 6.52. The summed E-state index contributed by atoms with van der Waals surface area (Å²) in [6.45, 7) is 7.18. The second-order valence-corrected chi connectivity index (χ2v) is 6.19. The highest BCUT2D eigenvalue weighted by molar-refractivity contribution is 4.90. The number of nitrogens with one attached hydrogen (secondary N) is 1. The van der Waals surface area contributed by atoms with Crippen molar-refractivity contribution in [3.8, 4) is 0 Å². The SMILES string of the molecule is CN(CC1CCC1)C1CCNC(C)(C)C1. The van der Waals surface area contributed by atoms with Crippen molar-refractivity contribution < 1.29 is 0 Å². The molecule has 1 atom stereocenters. The zero-order valence-corrected chi connectivity index (χ0v) is 10.6. The molecule has 15 heavy (non-hydrogen) atoms. The Kier molecular flexibility index (Phi) is 3.36. The lowest BCUT2D eigenvalue weighted by atomic mass is 9.83. The van der Waals surface area contributed by atoms with Crippen LogP contribution in [-0.2, 0) is 0 Å². The van der Waals surface area contributed by atoms with E-state index in [0.717, 1.165) is 12.0 Å². The van der Waals surface area contributed by atoms with Gasteiger partial charge in [0.2, 0.25) is 0 Å². The minimum absolute atomic E-state index is 0.344. The Balaban J connectivity index is 1.80. The Morgan fingerprint density at radius 3 is 2.53 bits per heavy atom. The maximum atomic E-state index is 3.60. The second kappa shape index (κ2) is 4.42. The van der Waals surface area contributed by atoms with Crippen LogP contribution in [0.3, 0.4) is 0 Å². The van der Waals surface area contributed by atoms with Crippen molar-refractivity contribution >= 4 is 0 Å². The van der Waals surface area contributed by atoms with Gasteiger partial charge in [-0.1, -0.05) is 6.42 Å². The van der Waals surface area contributed by atoms with Gasteiger partial charge in [0.15, 0.2) is 0 Å². The van der Waals surface area contributed by atoms with Gasteiger partial charge in [0.05, 0.1) is 0 Å². The van der Waals surface area contributed by atoms with Gasteiger partial charge in [-0.25, -0.2) is 0 Å². The molecule has 0 radical (unpaired) electrons. The maximum absolute atomic E-state index is 3.60.